The van der Waals surface area contributed by atoms with Crippen molar-refractivity contribution in [3.05, 3.63) is 77.3 Å². The Balaban J connectivity index is 1.55. The minimum atomic E-state index is -0.337. The number of hydrogen-bond acceptors (Lipinski definition) is 4. The standard InChI is InChI=1S/C22H17ClN4O2S/c1-29-19-11-8-14(20-24-16-4-2-3-5-17(16)25-20)12-18(19)26-22(30)27-21(28)13-6-9-15(23)10-7-13/h2-12H,1H3,(H,24,25)(H2,26,27,28,30). The van der Waals surface area contributed by atoms with Crippen molar-refractivity contribution in [2.75, 3.05) is 12.4 Å². The number of fused-ring (bicyclic) bond motifs is 1. The van der Waals surface area contributed by atoms with Gasteiger partial charge in [0.25, 0.3) is 5.91 Å². The van der Waals surface area contributed by atoms with Gasteiger partial charge in [-0.1, -0.05) is 23.7 Å². The van der Waals surface area contributed by atoms with Gasteiger partial charge in [0.15, 0.2) is 5.11 Å². The van der Waals surface area contributed by atoms with Crippen LogP contribution in [0.25, 0.3) is 22.4 Å². The molecule has 1 heterocycles. The van der Waals surface area contributed by atoms with Crippen LogP contribution in [0.15, 0.2) is 66.7 Å². The molecule has 1 amide bonds. The molecular formula is C22H17ClN4O2S. The van der Waals surface area contributed by atoms with Crippen molar-refractivity contribution in [1.82, 2.24) is 15.3 Å². The molecule has 6 nitrogen and oxygen atoms in total. The van der Waals surface area contributed by atoms with Crippen LogP contribution in [0.2, 0.25) is 5.02 Å². The molecule has 0 aliphatic heterocycles. The first-order valence-electron chi connectivity index (χ1n) is 9.04. The molecule has 0 bridgehead atoms. The summed E-state index contributed by atoms with van der Waals surface area (Å²) in [7, 11) is 1.57. The first-order chi connectivity index (χ1) is 14.5. The number of anilines is 1. The van der Waals surface area contributed by atoms with E-state index in [1.165, 1.54) is 0 Å². The maximum Gasteiger partial charge on any atom is 0.257 e. The van der Waals surface area contributed by atoms with Crippen molar-refractivity contribution in [3.8, 4) is 17.1 Å². The zero-order chi connectivity index (χ0) is 21.1. The van der Waals surface area contributed by atoms with E-state index >= 15 is 0 Å². The smallest absolute Gasteiger partial charge is 0.257 e. The number of rotatable bonds is 4. The van der Waals surface area contributed by atoms with Gasteiger partial charge in [-0.2, -0.15) is 0 Å². The molecule has 0 saturated carbocycles. The lowest BCUT2D eigenvalue weighted by Crippen LogP contribution is -2.34. The topological polar surface area (TPSA) is 79.0 Å². The van der Waals surface area contributed by atoms with Crippen LogP contribution >= 0.6 is 23.8 Å². The van der Waals surface area contributed by atoms with Gasteiger partial charge in [-0.05, 0) is 66.8 Å². The number of para-hydroxylation sites is 2. The molecule has 150 valence electrons. The monoisotopic (exact) mass is 436 g/mol. The van der Waals surface area contributed by atoms with Crippen LogP contribution in [-0.4, -0.2) is 28.1 Å². The summed E-state index contributed by atoms with van der Waals surface area (Å²) in [5, 5.41) is 6.38. The van der Waals surface area contributed by atoms with E-state index in [4.69, 9.17) is 28.6 Å². The Morgan fingerprint density at radius 3 is 2.60 bits per heavy atom. The zero-order valence-corrected chi connectivity index (χ0v) is 17.5. The number of imidazole rings is 1. The number of H-pyrrole nitrogens is 1. The molecule has 8 heteroatoms. The van der Waals surface area contributed by atoms with Crippen molar-refractivity contribution >= 4 is 51.6 Å². The lowest BCUT2D eigenvalue weighted by molar-refractivity contribution is 0.0977. The number of carbonyl (C=O) groups excluding carboxylic acids is 1. The second-order valence-corrected chi connectivity index (χ2v) is 7.28. The summed E-state index contributed by atoms with van der Waals surface area (Å²) in [5.74, 6) is 0.965. The van der Waals surface area contributed by atoms with Crippen LogP contribution in [0.3, 0.4) is 0 Å². The normalized spacial score (nSPS) is 10.6. The molecular weight excluding hydrogens is 420 g/mol. The molecule has 0 aliphatic carbocycles. The van der Waals surface area contributed by atoms with Crippen molar-refractivity contribution in [3.63, 3.8) is 0 Å². The zero-order valence-electron chi connectivity index (χ0n) is 15.9. The Hall–Kier alpha value is -3.42. The SMILES string of the molecule is COc1ccc(-c2nc3ccccc3[nH]2)cc1NC(=S)NC(=O)c1ccc(Cl)cc1. The summed E-state index contributed by atoms with van der Waals surface area (Å²) in [5.41, 5.74) is 3.73. The first kappa shape index (κ1) is 19.9. The Morgan fingerprint density at radius 2 is 1.87 bits per heavy atom. The van der Waals surface area contributed by atoms with Crippen LogP contribution in [-0.2, 0) is 0 Å². The van der Waals surface area contributed by atoms with E-state index in [0.717, 1.165) is 22.4 Å². The molecule has 0 aliphatic rings. The predicted molar refractivity (Wildman–Crippen MR) is 123 cm³/mol. The molecule has 3 N–H and O–H groups in total. The van der Waals surface area contributed by atoms with E-state index in [1.807, 2.05) is 42.5 Å². The second kappa shape index (κ2) is 8.52. The Morgan fingerprint density at radius 1 is 1.10 bits per heavy atom. The fraction of sp³-hybridized carbons (Fsp3) is 0.0455. The Kier molecular flexibility index (Phi) is 5.65. The quantitative estimate of drug-likeness (QED) is 0.391. The second-order valence-electron chi connectivity index (χ2n) is 6.43. The highest BCUT2D eigenvalue weighted by Gasteiger charge is 2.13. The third kappa shape index (κ3) is 4.27. The van der Waals surface area contributed by atoms with Gasteiger partial charge in [0.1, 0.15) is 11.6 Å². The molecule has 3 aromatic carbocycles. The number of carbonyl (C=O) groups is 1. The number of ether oxygens (including phenoxy) is 1. The molecule has 4 aromatic rings. The van der Waals surface area contributed by atoms with Gasteiger partial charge in [0.2, 0.25) is 0 Å². The van der Waals surface area contributed by atoms with Gasteiger partial charge in [-0.15, -0.1) is 0 Å². The average molecular weight is 437 g/mol. The molecule has 1 aromatic heterocycles. The minimum absolute atomic E-state index is 0.148. The van der Waals surface area contributed by atoms with Crippen LogP contribution in [0.1, 0.15) is 10.4 Å². The molecule has 4 rings (SSSR count). The number of halogens is 1. The van der Waals surface area contributed by atoms with Gasteiger partial charge in [0, 0.05) is 16.1 Å². The van der Waals surface area contributed by atoms with Gasteiger partial charge < -0.3 is 15.0 Å². The van der Waals surface area contributed by atoms with Crippen LogP contribution in [0, 0.1) is 0 Å². The summed E-state index contributed by atoms with van der Waals surface area (Å²) in [6, 6.07) is 19.9. The average Bonchev–Trinajstić information content (AvgIpc) is 3.18. The summed E-state index contributed by atoms with van der Waals surface area (Å²) < 4.78 is 5.42. The molecule has 0 spiro atoms. The number of thiocarbonyl (C=S) groups is 1. The fourth-order valence-corrected chi connectivity index (χ4v) is 3.30. The van der Waals surface area contributed by atoms with E-state index < -0.39 is 0 Å². The number of aromatic amines is 1. The number of nitrogens with one attached hydrogen (secondary N) is 3. The van der Waals surface area contributed by atoms with Gasteiger partial charge in [-0.3, -0.25) is 10.1 Å². The Labute approximate surface area is 183 Å². The maximum atomic E-state index is 12.4. The van der Waals surface area contributed by atoms with Crippen LogP contribution in [0.4, 0.5) is 5.69 Å². The first-order valence-corrected chi connectivity index (χ1v) is 9.83. The van der Waals surface area contributed by atoms with Crippen LogP contribution < -0.4 is 15.4 Å². The number of amides is 1. The molecule has 0 unspecified atom stereocenters. The van der Waals surface area contributed by atoms with Crippen molar-refractivity contribution in [2.45, 2.75) is 0 Å². The number of hydrogen-bond donors (Lipinski definition) is 3. The largest absolute Gasteiger partial charge is 0.495 e. The highest BCUT2D eigenvalue weighted by atomic mass is 35.5. The van der Waals surface area contributed by atoms with Gasteiger partial charge in [0.05, 0.1) is 23.8 Å². The Bertz CT molecular complexity index is 1200. The molecule has 30 heavy (non-hydrogen) atoms. The van der Waals surface area contributed by atoms with E-state index in [0.29, 0.717) is 22.0 Å². The summed E-state index contributed by atoms with van der Waals surface area (Å²) in [6.07, 6.45) is 0. The summed E-state index contributed by atoms with van der Waals surface area (Å²) >= 11 is 11.2. The minimum Gasteiger partial charge on any atom is -0.495 e. The molecule has 0 atom stereocenters. The molecule has 0 fully saturated rings. The highest BCUT2D eigenvalue weighted by Crippen LogP contribution is 2.30. The van der Waals surface area contributed by atoms with Crippen molar-refractivity contribution in [1.29, 1.82) is 0 Å². The number of benzene rings is 3. The van der Waals surface area contributed by atoms with Crippen molar-refractivity contribution < 1.29 is 9.53 Å². The number of methoxy groups -OCH3 is 1. The fourth-order valence-electron chi connectivity index (χ4n) is 2.97. The van der Waals surface area contributed by atoms with E-state index in [9.17, 15) is 4.79 Å². The maximum absolute atomic E-state index is 12.4. The number of aromatic nitrogens is 2. The van der Waals surface area contributed by atoms with E-state index in [2.05, 4.69) is 20.6 Å². The van der Waals surface area contributed by atoms with E-state index in [-0.39, 0.29) is 11.0 Å². The lowest BCUT2D eigenvalue weighted by atomic mass is 10.1. The summed E-state index contributed by atoms with van der Waals surface area (Å²) in [4.78, 5) is 20.3. The lowest BCUT2D eigenvalue weighted by Gasteiger charge is -2.14. The highest BCUT2D eigenvalue weighted by molar-refractivity contribution is 7.80. The molecule has 0 radical (unpaired) electrons. The van der Waals surface area contributed by atoms with Gasteiger partial charge >= 0.3 is 0 Å². The van der Waals surface area contributed by atoms with Gasteiger partial charge in [-0.25, -0.2) is 4.98 Å². The third-order valence-electron chi connectivity index (χ3n) is 4.44. The molecule has 0 saturated heterocycles. The third-order valence-corrected chi connectivity index (χ3v) is 4.90. The van der Waals surface area contributed by atoms with Crippen LogP contribution in [0.5, 0.6) is 5.75 Å². The summed E-state index contributed by atoms with van der Waals surface area (Å²) in [6.45, 7) is 0. The number of nitrogens with zero attached hydrogens (tertiary/aromatic N) is 1. The van der Waals surface area contributed by atoms with E-state index in [1.54, 1.807) is 31.4 Å². The predicted octanol–water partition coefficient (Wildman–Crippen LogP) is 5.02. The van der Waals surface area contributed by atoms with Crippen molar-refractivity contribution in [2.24, 2.45) is 0 Å².